The zero-order chi connectivity index (χ0) is 20.8. The van der Waals surface area contributed by atoms with Gasteiger partial charge in [-0.05, 0) is 55.5 Å². The summed E-state index contributed by atoms with van der Waals surface area (Å²) in [4.78, 5) is 11.9. The molecule has 6 nitrogen and oxygen atoms in total. The Hall–Kier alpha value is -2.59. The first-order valence-corrected chi connectivity index (χ1v) is 9.80. The van der Waals surface area contributed by atoms with Crippen LogP contribution in [-0.2, 0) is 21.0 Å². The summed E-state index contributed by atoms with van der Waals surface area (Å²) in [5, 5.41) is 2.41. The molecule has 0 heterocycles. The molecule has 0 aliphatic rings. The highest BCUT2D eigenvalue weighted by molar-refractivity contribution is 7.89. The van der Waals surface area contributed by atoms with Gasteiger partial charge in [-0.1, -0.05) is 0 Å². The molecule has 0 aromatic heterocycles. The number of sulfonamides is 1. The minimum absolute atomic E-state index is 0.0269. The summed E-state index contributed by atoms with van der Waals surface area (Å²) in [6, 6.07) is 9.78. The second kappa shape index (κ2) is 9.07. The highest BCUT2D eigenvalue weighted by atomic mass is 32.2. The van der Waals surface area contributed by atoms with E-state index < -0.39 is 27.7 Å². The number of rotatable bonds is 8. The van der Waals surface area contributed by atoms with E-state index in [-0.39, 0.29) is 23.5 Å². The Labute approximate surface area is 160 Å². The van der Waals surface area contributed by atoms with E-state index in [4.69, 9.17) is 4.74 Å². The molecule has 2 aromatic rings. The van der Waals surface area contributed by atoms with Crippen LogP contribution in [0.2, 0.25) is 0 Å². The van der Waals surface area contributed by atoms with Gasteiger partial charge >= 0.3 is 6.18 Å². The van der Waals surface area contributed by atoms with Crippen molar-refractivity contribution in [3.63, 3.8) is 0 Å². The first-order valence-electron chi connectivity index (χ1n) is 8.31. The number of benzene rings is 2. The van der Waals surface area contributed by atoms with Crippen molar-refractivity contribution in [1.82, 2.24) is 4.72 Å². The van der Waals surface area contributed by atoms with Crippen molar-refractivity contribution in [2.45, 2.75) is 24.4 Å². The maximum atomic E-state index is 12.5. The lowest BCUT2D eigenvalue weighted by atomic mass is 10.2. The fourth-order valence-corrected chi connectivity index (χ4v) is 3.26. The maximum Gasteiger partial charge on any atom is 0.416 e. The van der Waals surface area contributed by atoms with Gasteiger partial charge in [0.15, 0.2) is 0 Å². The summed E-state index contributed by atoms with van der Waals surface area (Å²) in [6.07, 6.45) is -4.64. The summed E-state index contributed by atoms with van der Waals surface area (Å²) < 4.78 is 69.4. The molecular weight excluding hydrogens is 397 g/mol. The van der Waals surface area contributed by atoms with Crippen molar-refractivity contribution in [3.05, 3.63) is 54.1 Å². The van der Waals surface area contributed by atoms with Gasteiger partial charge in [0.2, 0.25) is 15.9 Å². The monoisotopic (exact) mass is 416 g/mol. The van der Waals surface area contributed by atoms with Crippen molar-refractivity contribution in [3.8, 4) is 5.75 Å². The average Bonchev–Trinajstić information content (AvgIpc) is 2.62. The minimum atomic E-state index is -4.46. The number of carbonyl (C=O) groups excluding carboxylic acids is 1. The lowest BCUT2D eigenvalue weighted by Gasteiger charge is -2.10. The number of anilines is 1. The Bertz CT molecular complexity index is 896. The molecule has 0 unspecified atom stereocenters. The van der Waals surface area contributed by atoms with Gasteiger partial charge in [-0.15, -0.1) is 0 Å². The number of hydrogen-bond acceptors (Lipinski definition) is 4. The topological polar surface area (TPSA) is 84.5 Å². The van der Waals surface area contributed by atoms with Crippen molar-refractivity contribution in [1.29, 1.82) is 0 Å². The van der Waals surface area contributed by atoms with E-state index in [1.807, 2.05) is 6.92 Å². The minimum Gasteiger partial charge on any atom is -0.494 e. The molecular formula is C18H19F3N2O4S. The Balaban J connectivity index is 1.85. The Morgan fingerprint density at radius 2 is 1.64 bits per heavy atom. The Kier molecular flexibility index (Phi) is 7.03. The van der Waals surface area contributed by atoms with Crippen LogP contribution in [0.4, 0.5) is 18.9 Å². The number of nitrogens with one attached hydrogen (secondary N) is 2. The summed E-state index contributed by atoms with van der Waals surface area (Å²) in [6.45, 7) is 2.10. The molecule has 2 aromatic carbocycles. The molecule has 0 spiro atoms. The van der Waals surface area contributed by atoms with E-state index in [0.29, 0.717) is 12.4 Å². The van der Waals surface area contributed by atoms with Crippen LogP contribution in [-0.4, -0.2) is 27.5 Å². The second-order valence-electron chi connectivity index (χ2n) is 5.68. The molecule has 152 valence electrons. The molecule has 0 aliphatic carbocycles. The summed E-state index contributed by atoms with van der Waals surface area (Å²) >= 11 is 0. The van der Waals surface area contributed by atoms with Gasteiger partial charge in [0, 0.05) is 18.7 Å². The number of carbonyl (C=O) groups is 1. The fraction of sp³-hybridized carbons (Fsp3) is 0.278. The third-order valence-corrected chi connectivity index (χ3v) is 5.06. The van der Waals surface area contributed by atoms with E-state index in [1.54, 1.807) is 0 Å². The summed E-state index contributed by atoms with van der Waals surface area (Å²) in [7, 11) is -3.79. The molecule has 2 rings (SSSR count). The smallest absolute Gasteiger partial charge is 0.416 e. The highest BCUT2D eigenvalue weighted by Gasteiger charge is 2.30. The van der Waals surface area contributed by atoms with Crippen LogP contribution < -0.4 is 14.8 Å². The van der Waals surface area contributed by atoms with Crippen LogP contribution in [0.25, 0.3) is 0 Å². The maximum absolute atomic E-state index is 12.5. The quantitative estimate of drug-likeness (QED) is 0.691. The van der Waals surface area contributed by atoms with Gasteiger partial charge < -0.3 is 10.1 Å². The van der Waals surface area contributed by atoms with Gasteiger partial charge in [0.1, 0.15) is 5.75 Å². The first-order chi connectivity index (χ1) is 13.1. The number of hydrogen-bond donors (Lipinski definition) is 2. The highest BCUT2D eigenvalue weighted by Crippen LogP contribution is 2.29. The Morgan fingerprint density at radius 1 is 1.04 bits per heavy atom. The largest absolute Gasteiger partial charge is 0.494 e. The molecule has 0 fully saturated rings. The van der Waals surface area contributed by atoms with Crippen LogP contribution in [0.5, 0.6) is 5.75 Å². The normalized spacial score (nSPS) is 11.9. The predicted octanol–water partition coefficient (Wildman–Crippen LogP) is 3.41. The van der Waals surface area contributed by atoms with Crippen LogP contribution >= 0.6 is 0 Å². The standard InChI is InChI=1S/C18H19F3N2O4S/c1-2-27-15-7-9-16(10-8-15)28(25,26)22-12-11-17(24)23-14-5-3-13(4-6-14)18(19,20)21/h3-10,22H,2,11-12H2,1H3,(H,23,24). The Morgan fingerprint density at radius 3 is 2.18 bits per heavy atom. The van der Waals surface area contributed by atoms with E-state index in [1.165, 1.54) is 24.3 Å². The van der Waals surface area contributed by atoms with Crippen LogP contribution in [0.1, 0.15) is 18.9 Å². The molecule has 0 saturated carbocycles. The zero-order valence-corrected chi connectivity index (χ0v) is 15.7. The van der Waals surface area contributed by atoms with Crippen LogP contribution in [0.3, 0.4) is 0 Å². The molecule has 2 N–H and O–H groups in total. The average molecular weight is 416 g/mol. The van der Waals surface area contributed by atoms with E-state index in [9.17, 15) is 26.4 Å². The zero-order valence-electron chi connectivity index (χ0n) is 14.9. The van der Waals surface area contributed by atoms with Gasteiger partial charge in [-0.25, -0.2) is 13.1 Å². The summed E-state index contributed by atoms with van der Waals surface area (Å²) in [5.41, 5.74) is -0.638. The van der Waals surface area contributed by atoms with Gasteiger partial charge in [0.25, 0.3) is 0 Å². The molecule has 1 amide bonds. The number of alkyl halides is 3. The third kappa shape index (κ3) is 6.24. The molecule has 0 bridgehead atoms. The van der Waals surface area contributed by atoms with Gasteiger partial charge in [-0.2, -0.15) is 13.2 Å². The van der Waals surface area contributed by atoms with Crippen molar-refractivity contribution >= 4 is 21.6 Å². The van der Waals surface area contributed by atoms with E-state index in [2.05, 4.69) is 10.0 Å². The molecule has 28 heavy (non-hydrogen) atoms. The number of ether oxygens (including phenoxy) is 1. The fourth-order valence-electron chi connectivity index (χ4n) is 2.23. The molecule has 10 heteroatoms. The molecule has 0 radical (unpaired) electrons. The van der Waals surface area contributed by atoms with E-state index in [0.717, 1.165) is 24.3 Å². The summed E-state index contributed by atoms with van der Waals surface area (Å²) in [5.74, 6) is 0.00604. The van der Waals surface area contributed by atoms with Crippen LogP contribution in [0.15, 0.2) is 53.4 Å². The molecule has 0 saturated heterocycles. The van der Waals surface area contributed by atoms with Crippen molar-refractivity contribution in [2.75, 3.05) is 18.5 Å². The third-order valence-electron chi connectivity index (χ3n) is 3.59. The SMILES string of the molecule is CCOc1ccc(S(=O)(=O)NCCC(=O)Nc2ccc(C(F)(F)F)cc2)cc1. The predicted molar refractivity (Wildman–Crippen MR) is 97.5 cm³/mol. The lowest BCUT2D eigenvalue weighted by Crippen LogP contribution is -2.27. The second-order valence-corrected chi connectivity index (χ2v) is 7.44. The molecule has 0 aliphatic heterocycles. The van der Waals surface area contributed by atoms with Crippen molar-refractivity contribution in [2.24, 2.45) is 0 Å². The number of amides is 1. The van der Waals surface area contributed by atoms with Gasteiger partial charge in [0.05, 0.1) is 17.1 Å². The van der Waals surface area contributed by atoms with E-state index >= 15 is 0 Å². The van der Waals surface area contributed by atoms with Crippen LogP contribution in [0, 0.1) is 0 Å². The first kappa shape index (κ1) is 21.7. The van der Waals surface area contributed by atoms with Crippen molar-refractivity contribution < 1.29 is 31.1 Å². The number of halogens is 3. The molecule has 0 atom stereocenters. The lowest BCUT2D eigenvalue weighted by molar-refractivity contribution is -0.137. The van der Waals surface area contributed by atoms with Gasteiger partial charge in [-0.3, -0.25) is 4.79 Å².